The van der Waals surface area contributed by atoms with Crippen LogP contribution in [0.5, 0.6) is 0 Å². The summed E-state index contributed by atoms with van der Waals surface area (Å²) >= 11 is 6.10. The Balaban J connectivity index is 0.00000338. The molecule has 0 aliphatic rings. The Morgan fingerprint density at radius 2 is 1.81 bits per heavy atom. The number of nitrogens with one attached hydrogen (secondary N) is 2. The molecule has 0 heterocycles. The Hall–Kier alpha value is -1.80. The maximum atomic E-state index is 12.0. The smallest absolute Gasteiger partial charge is 0.226 e. The van der Waals surface area contributed by atoms with Crippen LogP contribution in [0.25, 0.3) is 0 Å². The fourth-order valence-corrected chi connectivity index (χ4v) is 2.50. The van der Waals surface area contributed by atoms with Crippen molar-refractivity contribution in [2.45, 2.75) is 27.2 Å². The molecular weight excluding hydrogens is 463 g/mol. The minimum Gasteiger partial charge on any atom is -0.370 e. The van der Waals surface area contributed by atoms with Crippen molar-refractivity contribution in [3.05, 3.63) is 58.1 Å². The summed E-state index contributed by atoms with van der Waals surface area (Å²) in [5.74, 6) is 0.123. The van der Waals surface area contributed by atoms with E-state index < -0.39 is 0 Å². The molecular formula is C19H24ClIN4O. The van der Waals surface area contributed by atoms with Gasteiger partial charge in [-0.3, -0.25) is 9.79 Å². The number of amides is 1. The molecule has 0 saturated heterocycles. The van der Waals surface area contributed by atoms with Crippen molar-refractivity contribution in [3.8, 4) is 0 Å². The summed E-state index contributed by atoms with van der Waals surface area (Å²) in [6, 6.07) is 11.4. The second kappa shape index (κ2) is 10.4. The van der Waals surface area contributed by atoms with Gasteiger partial charge in [-0.1, -0.05) is 23.7 Å². The van der Waals surface area contributed by atoms with Gasteiger partial charge in [-0.05, 0) is 61.7 Å². The second-order valence-electron chi connectivity index (χ2n) is 5.97. The lowest BCUT2D eigenvalue weighted by atomic mass is 10.1. The van der Waals surface area contributed by atoms with Crippen LogP contribution in [-0.2, 0) is 4.79 Å². The number of anilines is 2. The molecule has 1 amide bonds. The SMILES string of the molecule is Cc1ccc(NC(=O)CCN=C(N)Nc2ccc(C)c(C)c2)c(Cl)c1.I. The van der Waals surface area contributed by atoms with E-state index in [9.17, 15) is 4.79 Å². The highest BCUT2D eigenvalue weighted by Crippen LogP contribution is 2.22. The van der Waals surface area contributed by atoms with E-state index in [-0.39, 0.29) is 42.3 Å². The molecule has 0 fully saturated rings. The van der Waals surface area contributed by atoms with Crippen molar-refractivity contribution in [2.24, 2.45) is 10.7 Å². The Bertz CT molecular complexity index is 808. The van der Waals surface area contributed by atoms with E-state index >= 15 is 0 Å². The minimum atomic E-state index is -0.159. The average Bonchev–Trinajstić information content (AvgIpc) is 2.54. The summed E-state index contributed by atoms with van der Waals surface area (Å²) in [7, 11) is 0. The van der Waals surface area contributed by atoms with E-state index in [1.807, 2.05) is 38.1 Å². The van der Waals surface area contributed by atoms with E-state index in [1.54, 1.807) is 12.1 Å². The van der Waals surface area contributed by atoms with Crippen molar-refractivity contribution in [1.82, 2.24) is 0 Å². The summed E-state index contributed by atoms with van der Waals surface area (Å²) in [4.78, 5) is 16.2. The van der Waals surface area contributed by atoms with Gasteiger partial charge in [0.25, 0.3) is 0 Å². The van der Waals surface area contributed by atoms with Crippen molar-refractivity contribution in [3.63, 3.8) is 0 Å². The summed E-state index contributed by atoms with van der Waals surface area (Å²) in [6.07, 6.45) is 0.222. The van der Waals surface area contributed by atoms with Crippen LogP contribution in [0, 0.1) is 20.8 Å². The number of benzene rings is 2. The first-order chi connectivity index (χ1) is 11.8. The monoisotopic (exact) mass is 486 g/mol. The normalized spacial score (nSPS) is 10.8. The Morgan fingerprint density at radius 1 is 1.08 bits per heavy atom. The van der Waals surface area contributed by atoms with E-state index in [2.05, 4.69) is 22.5 Å². The van der Waals surface area contributed by atoms with Crippen LogP contribution in [0.2, 0.25) is 5.02 Å². The number of aliphatic imine (C=N–C) groups is 1. The number of aryl methyl sites for hydroxylation is 3. The Kier molecular flexibility index (Phi) is 8.87. The van der Waals surface area contributed by atoms with Crippen LogP contribution in [-0.4, -0.2) is 18.4 Å². The van der Waals surface area contributed by atoms with Crippen LogP contribution in [0.4, 0.5) is 11.4 Å². The highest BCUT2D eigenvalue weighted by molar-refractivity contribution is 14.0. The highest BCUT2D eigenvalue weighted by atomic mass is 127. The number of guanidine groups is 1. The third-order valence-electron chi connectivity index (χ3n) is 3.80. The van der Waals surface area contributed by atoms with Gasteiger partial charge < -0.3 is 16.4 Å². The second-order valence-corrected chi connectivity index (χ2v) is 6.38. The van der Waals surface area contributed by atoms with E-state index in [0.717, 1.165) is 11.3 Å². The molecule has 4 N–H and O–H groups in total. The molecule has 0 aliphatic heterocycles. The molecule has 5 nitrogen and oxygen atoms in total. The van der Waals surface area contributed by atoms with Crippen molar-refractivity contribution >= 4 is 58.8 Å². The summed E-state index contributed by atoms with van der Waals surface area (Å²) in [5, 5.41) is 6.32. The molecule has 0 unspecified atom stereocenters. The first-order valence-corrected chi connectivity index (χ1v) is 8.43. The largest absolute Gasteiger partial charge is 0.370 e. The lowest BCUT2D eigenvalue weighted by Crippen LogP contribution is -2.23. The molecule has 140 valence electrons. The highest BCUT2D eigenvalue weighted by Gasteiger charge is 2.06. The first-order valence-electron chi connectivity index (χ1n) is 8.05. The van der Waals surface area contributed by atoms with Gasteiger partial charge in [0.1, 0.15) is 0 Å². The quantitative estimate of drug-likeness (QED) is 0.327. The predicted molar refractivity (Wildman–Crippen MR) is 121 cm³/mol. The maximum Gasteiger partial charge on any atom is 0.226 e. The van der Waals surface area contributed by atoms with Gasteiger partial charge in [0, 0.05) is 12.1 Å². The van der Waals surface area contributed by atoms with E-state index in [1.165, 1.54) is 11.1 Å². The number of nitrogens with zero attached hydrogens (tertiary/aromatic N) is 1. The van der Waals surface area contributed by atoms with Gasteiger partial charge in [-0.15, -0.1) is 24.0 Å². The van der Waals surface area contributed by atoms with E-state index in [0.29, 0.717) is 17.3 Å². The molecule has 2 aromatic rings. The molecule has 2 aromatic carbocycles. The van der Waals surface area contributed by atoms with Crippen molar-refractivity contribution in [2.75, 3.05) is 17.2 Å². The molecule has 26 heavy (non-hydrogen) atoms. The number of carbonyl (C=O) groups excluding carboxylic acids is 1. The standard InChI is InChI=1S/C19H23ClN4O.HI/c1-12-4-7-17(16(20)10-12)24-18(25)8-9-22-19(21)23-15-6-5-13(2)14(3)11-15;/h4-7,10-11H,8-9H2,1-3H3,(H,24,25)(H3,21,22,23);1H. The molecule has 0 aromatic heterocycles. The zero-order valence-corrected chi connectivity index (χ0v) is 18.2. The predicted octanol–water partition coefficient (Wildman–Crippen LogP) is 4.64. The Labute approximate surface area is 176 Å². The number of halogens is 2. The van der Waals surface area contributed by atoms with Crippen LogP contribution >= 0.6 is 35.6 Å². The summed E-state index contributed by atoms with van der Waals surface area (Å²) in [6.45, 7) is 6.32. The maximum absolute atomic E-state index is 12.0. The molecule has 7 heteroatoms. The Morgan fingerprint density at radius 3 is 2.46 bits per heavy atom. The first kappa shape index (κ1) is 22.2. The molecule has 0 atom stereocenters. The number of rotatable bonds is 5. The van der Waals surface area contributed by atoms with Crippen LogP contribution in [0.1, 0.15) is 23.1 Å². The van der Waals surface area contributed by atoms with E-state index in [4.69, 9.17) is 17.3 Å². The number of nitrogens with two attached hydrogens (primary N) is 1. The third kappa shape index (κ3) is 6.84. The van der Waals surface area contributed by atoms with Gasteiger partial charge in [0.05, 0.1) is 17.3 Å². The zero-order chi connectivity index (χ0) is 18.4. The number of hydrogen-bond donors (Lipinski definition) is 3. The van der Waals surface area contributed by atoms with Gasteiger partial charge in [0.15, 0.2) is 5.96 Å². The average molecular weight is 487 g/mol. The summed E-state index contributed by atoms with van der Waals surface area (Å²) < 4.78 is 0. The fourth-order valence-electron chi connectivity index (χ4n) is 2.22. The molecule has 0 bridgehead atoms. The summed E-state index contributed by atoms with van der Waals surface area (Å²) in [5.41, 5.74) is 10.8. The lowest BCUT2D eigenvalue weighted by Gasteiger charge is -2.09. The number of carbonyl (C=O) groups is 1. The van der Waals surface area contributed by atoms with Crippen LogP contribution in [0.3, 0.4) is 0 Å². The zero-order valence-electron chi connectivity index (χ0n) is 15.1. The van der Waals surface area contributed by atoms with Crippen LogP contribution in [0.15, 0.2) is 41.4 Å². The molecule has 0 aliphatic carbocycles. The van der Waals surface area contributed by atoms with Crippen LogP contribution < -0.4 is 16.4 Å². The van der Waals surface area contributed by atoms with Crippen molar-refractivity contribution < 1.29 is 4.79 Å². The molecule has 0 radical (unpaired) electrons. The number of hydrogen-bond acceptors (Lipinski definition) is 2. The van der Waals surface area contributed by atoms with Gasteiger partial charge >= 0.3 is 0 Å². The van der Waals surface area contributed by atoms with Gasteiger partial charge in [-0.25, -0.2) is 0 Å². The topological polar surface area (TPSA) is 79.5 Å². The minimum absolute atomic E-state index is 0. The lowest BCUT2D eigenvalue weighted by molar-refractivity contribution is -0.116. The molecule has 0 saturated carbocycles. The molecule has 2 rings (SSSR count). The van der Waals surface area contributed by atoms with Gasteiger partial charge in [0.2, 0.25) is 5.91 Å². The molecule has 0 spiro atoms. The third-order valence-corrected chi connectivity index (χ3v) is 4.11. The fraction of sp³-hybridized carbons (Fsp3) is 0.263. The van der Waals surface area contributed by atoms with Crippen molar-refractivity contribution in [1.29, 1.82) is 0 Å². The van der Waals surface area contributed by atoms with Gasteiger partial charge in [-0.2, -0.15) is 0 Å².